The first-order valence-corrected chi connectivity index (χ1v) is 4.21. The third-order valence-electron chi connectivity index (χ3n) is 1.69. The molecule has 58 valence electrons. The lowest BCUT2D eigenvalue weighted by molar-refractivity contribution is 1.31. The molecule has 0 saturated heterocycles. The highest BCUT2D eigenvalue weighted by atomic mass is 14.0. The molecule has 0 radical (unpaired) electrons. The average molecular weight is 146 g/mol. The largest absolute Gasteiger partial charge is 0.0795 e. The van der Waals surface area contributed by atoms with Gasteiger partial charge in [-0.15, -0.1) is 0 Å². The fraction of sp³-hybridized carbons (Fsp3) is 0.273. The van der Waals surface area contributed by atoms with E-state index in [4.69, 9.17) is 0 Å². The van der Waals surface area contributed by atoms with Crippen molar-refractivity contribution in [1.29, 1.82) is 0 Å². The van der Waals surface area contributed by atoms with Crippen LogP contribution in [0.4, 0.5) is 0 Å². The predicted molar refractivity (Wildman–Crippen MR) is 50.5 cm³/mol. The van der Waals surface area contributed by atoms with E-state index in [0.29, 0.717) is 0 Å². The topological polar surface area (TPSA) is 0 Å². The summed E-state index contributed by atoms with van der Waals surface area (Å²) >= 11 is 0. The van der Waals surface area contributed by atoms with E-state index in [1.807, 2.05) is 13.8 Å². The second-order valence-corrected chi connectivity index (χ2v) is 2.31. The summed E-state index contributed by atoms with van der Waals surface area (Å²) in [7, 11) is 0. The molecule has 0 aromatic heterocycles. The standard InChI is InChI=1S/C9H8.C2H6/c1-2-5-9-7-3-6-8(9)4-1;1-2/h1-6H,7H2;1-2H3. The van der Waals surface area contributed by atoms with Gasteiger partial charge in [-0.05, 0) is 17.5 Å². The first-order chi connectivity index (χ1) is 5.47. The van der Waals surface area contributed by atoms with Crippen molar-refractivity contribution >= 4 is 6.08 Å². The summed E-state index contributed by atoms with van der Waals surface area (Å²) < 4.78 is 0. The van der Waals surface area contributed by atoms with Crippen LogP contribution in [0.3, 0.4) is 0 Å². The van der Waals surface area contributed by atoms with Gasteiger partial charge in [0.2, 0.25) is 0 Å². The van der Waals surface area contributed by atoms with Crippen LogP contribution in [0.15, 0.2) is 30.3 Å². The number of hydrogen-bond donors (Lipinski definition) is 0. The minimum Gasteiger partial charge on any atom is -0.0795 e. The molecule has 0 amide bonds. The second kappa shape index (κ2) is 3.97. The fourth-order valence-electron chi connectivity index (χ4n) is 1.20. The second-order valence-electron chi connectivity index (χ2n) is 2.31. The zero-order chi connectivity index (χ0) is 8.10. The summed E-state index contributed by atoms with van der Waals surface area (Å²) in [4.78, 5) is 0. The summed E-state index contributed by atoms with van der Waals surface area (Å²) in [5.41, 5.74) is 2.84. The summed E-state index contributed by atoms with van der Waals surface area (Å²) in [6.07, 6.45) is 5.50. The Kier molecular flexibility index (Phi) is 2.91. The predicted octanol–water partition coefficient (Wildman–Crippen LogP) is 3.28. The Morgan fingerprint density at radius 3 is 2.55 bits per heavy atom. The normalized spacial score (nSPS) is 11.8. The summed E-state index contributed by atoms with van der Waals surface area (Å²) in [5.74, 6) is 0. The van der Waals surface area contributed by atoms with E-state index in [-0.39, 0.29) is 0 Å². The fourth-order valence-corrected chi connectivity index (χ4v) is 1.20. The van der Waals surface area contributed by atoms with E-state index < -0.39 is 0 Å². The zero-order valence-electron chi connectivity index (χ0n) is 7.17. The Hall–Kier alpha value is -1.04. The molecule has 0 atom stereocenters. The van der Waals surface area contributed by atoms with Gasteiger partial charge in [0.25, 0.3) is 0 Å². The van der Waals surface area contributed by atoms with Crippen molar-refractivity contribution in [2.45, 2.75) is 20.3 Å². The minimum absolute atomic E-state index is 1.12. The van der Waals surface area contributed by atoms with Gasteiger partial charge in [-0.25, -0.2) is 0 Å². The molecule has 0 spiro atoms. The Balaban J connectivity index is 0.000000281. The van der Waals surface area contributed by atoms with Crippen molar-refractivity contribution in [2.75, 3.05) is 0 Å². The van der Waals surface area contributed by atoms with Crippen LogP contribution < -0.4 is 0 Å². The van der Waals surface area contributed by atoms with Crippen molar-refractivity contribution in [3.05, 3.63) is 41.5 Å². The molecule has 0 heteroatoms. The third-order valence-corrected chi connectivity index (χ3v) is 1.69. The average Bonchev–Trinajstić information content (AvgIpc) is 2.55. The highest BCUT2D eigenvalue weighted by molar-refractivity contribution is 5.59. The molecule has 1 aliphatic rings. The molecule has 1 aliphatic carbocycles. The molecular formula is C11H14. The highest BCUT2D eigenvalue weighted by Gasteiger charge is 2.00. The van der Waals surface area contributed by atoms with Gasteiger partial charge in [0.05, 0.1) is 0 Å². The van der Waals surface area contributed by atoms with Crippen LogP contribution in [0.5, 0.6) is 0 Å². The Labute approximate surface area is 68.6 Å². The number of hydrogen-bond acceptors (Lipinski definition) is 0. The minimum atomic E-state index is 1.12. The van der Waals surface area contributed by atoms with Gasteiger partial charge in [-0.3, -0.25) is 0 Å². The molecule has 0 unspecified atom stereocenters. The molecule has 0 heterocycles. The summed E-state index contributed by atoms with van der Waals surface area (Å²) in [6.45, 7) is 4.00. The molecule has 1 aromatic rings. The quantitative estimate of drug-likeness (QED) is 0.527. The molecular weight excluding hydrogens is 132 g/mol. The van der Waals surface area contributed by atoms with Crippen molar-refractivity contribution in [2.24, 2.45) is 0 Å². The van der Waals surface area contributed by atoms with Gasteiger partial charge in [0.15, 0.2) is 0 Å². The summed E-state index contributed by atoms with van der Waals surface area (Å²) in [6, 6.07) is 8.49. The maximum Gasteiger partial charge on any atom is -0.00882 e. The van der Waals surface area contributed by atoms with Crippen molar-refractivity contribution in [1.82, 2.24) is 0 Å². The molecule has 0 saturated carbocycles. The van der Waals surface area contributed by atoms with Crippen LogP contribution in [0.25, 0.3) is 6.08 Å². The van der Waals surface area contributed by atoms with Gasteiger partial charge >= 0.3 is 0 Å². The lowest BCUT2D eigenvalue weighted by Crippen LogP contribution is -1.76. The van der Waals surface area contributed by atoms with E-state index in [2.05, 4.69) is 36.4 Å². The van der Waals surface area contributed by atoms with E-state index >= 15 is 0 Å². The molecule has 0 aliphatic heterocycles. The first-order valence-electron chi connectivity index (χ1n) is 4.21. The first kappa shape index (κ1) is 8.06. The number of benzene rings is 1. The van der Waals surface area contributed by atoms with E-state index in [9.17, 15) is 0 Å². The third kappa shape index (κ3) is 1.70. The smallest absolute Gasteiger partial charge is 0.00882 e. The SMILES string of the molecule is C1=Cc2ccccc2C1.CC. The van der Waals surface area contributed by atoms with Crippen molar-refractivity contribution in [3.63, 3.8) is 0 Å². The monoisotopic (exact) mass is 146 g/mol. The van der Waals surface area contributed by atoms with Gasteiger partial charge in [0, 0.05) is 0 Å². The van der Waals surface area contributed by atoms with Crippen LogP contribution in [0.1, 0.15) is 25.0 Å². The Morgan fingerprint density at radius 1 is 1.09 bits per heavy atom. The van der Waals surface area contributed by atoms with Crippen LogP contribution >= 0.6 is 0 Å². The maximum absolute atomic E-state index is 2.20. The van der Waals surface area contributed by atoms with Gasteiger partial charge in [-0.2, -0.15) is 0 Å². The van der Waals surface area contributed by atoms with Crippen LogP contribution in [-0.2, 0) is 6.42 Å². The molecule has 0 bridgehead atoms. The van der Waals surface area contributed by atoms with E-state index in [1.54, 1.807) is 0 Å². The van der Waals surface area contributed by atoms with E-state index in [1.165, 1.54) is 11.1 Å². The molecule has 0 fully saturated rings. The van der Waals surface area contributed by atoms with Gasteiger partial charge < -0.3 is 0 Å². The molecule has 11 heavy (non-hydrogen) atoms. The maximum atomic E-state index is 2.20. The van der Waals surface area contributed by atoms with Crippen LogP contribution in [0, 0.1) is 0 Å². The Morgan fingerprint density at radius 2 is 1.82 bits per heavy atom. The van der Waals surface area contributed by atoms with Crippen molar-refractivity contribution in [3.8, 4) is 0 Å². The van der Waals surface area contributed by atoms with Crippen LogP contribution in [-0.4, -0.2) is 0 Å². The molecule has 1 aromatic carbocycles. The lowest BCUT2D eigenvalue weighted by atomic mass is 10.1. The molecule has 0 nitrogen and oxygen atoms in total. The lowest BCUT2D eigenvalue weighted by Gasteiger charge is -1.93. The zero-order valence-corrected chi connectivity index (χ0v) is 7.17. The van der Waals surface area contributed by atoms with Crippen molar-refractivity contribution < 1.29 is 0 Å². The number of allylic oxidation sites excluding steroid dienone is 1. The Bertz CT molecular complexity index is 246. The van der Waals surface area contributed by atoms with Crippen LogP contribution in [0.2, 0.25) is 0 Å². The number of rotatable bonds is 0. The summed E-state index contributed by atoms with van der Waals surface area (Å²) in [5, 5.41) is 0. The molecule has 2 rings (SSSR count). The van der Waals surface area contributed by atoms with Gasteiger partial charge in [0.1, 0.15) is 0 Å². The number of fused-ring (bicyclic) bond motifs is 1. The highest BCUT2D eigenvalue weighted by Crippen LogP contribution is 2.17. The van der Waals surface area contributed by atoms with Gasteiger partial charge in [-0.1, -0.05) is 50.3 Å². The van der Waals surface area contributed by atoms with E-state index in [0.717, 1.165) is 6.42 Å². The molecule has 0 N–H and O–H groups in total.